The molecule has 6 heteroatoms. The molecule has 1 N–H and O–H groups in total. The lowest BCUT2D eigenvalue weighted by Crippen LogP contribution is -2.45. The predicted octanol–water partition coefficient (Wildman–Crippen LogP) is 2.91. The smallest absolute Gasteiger partial charge is 0.262 e. The Labute approximate surface area is 146 Å². The van der Waals surface area contributed by atoms with Crippen molar-refractivity contribution < 1.29 is 14.4 Å². The third-order valence-electron chi connectivity index (χ3n) is 3.72. The van der Waals surface area contributed by atoms with Crippen molar-refractivity contribution >= 4 is 46.0 Å². The van der Waals surface area contributed by atoms with E-state index in [1.54, 1.807) is 37.3 Å². The van der Waals surface area contributed by atoms with Crippen LogP contribution in [-0.2, 0) is 4.79 Å². The molecule has 3 amide bonds. The minimum atomic E-state index is -0.890. The lowest BCUT2D eigenvalue weighted by molar-refractivity contribution is -0.119. The zero-order valence-electron chi connectivity index (χ0n) is 12.2. The first kappa shape index (κ1) is 15.7. The molecule has 3 rings (SSSR count). The lowest BCUT2D eigenvalue weighted by Gasteiger charge is -2.22. The number of hydrogen-bond donors (Lipinski definition) is 1. The van der Waals surface area contributed by atoms with Crippen LogP contribution in [0.15, 0.2) is 48.5 Å². The highest BCUT2D eigenvalue weighted by Gasteiger charge is 2.40. The molecule has 0 saturated heterocycles. The molecule has 1 heterocycles. The van der Waals surface area contributed by atoms with Gasteiger partial charge in [0.2, 0.25) is 5.91 Å². The maximum absolute atomic E-state index is 12.4. The van der Waals surface area contributed by atoms with Crippen molar-refractivity contribution in [3.63, 3.8) is 0 Å². The Kier molecular flexibility index (Phi) is 4.16. The Morgan fingerprint density at radius 2 is 1.52 bits per heavy atom. The molecule has 0 radical (unpaired) electrons. The third-order valence-corrected chi connectivity index (χ3v) is 4.66. The second kappa shape index (κ2) is 6.11. The van der Waals surface area contributed by atoms with Gasteiger partial charge in [0.1, 0.15) is 6.04 Å². The normalized spacial score (nSPS) is 14.6. The van der Waals surface area contributed by atoms with Gasteiger partial charge in [-0.15, -0.1) is 0 Å². The van der Waals surface area contributed by atoms with Gasteiger partial charge in [0.05, 0.1) is 16.8 Å². The van der Waals surface area contributed by atoms with Crippen LogP contribution >= 0.6 is 22.6 Å². The largest absolute Gasteiger partial charge is 0.323 e. The molecule has 5 nitrogen and oxygen atoms in total. The van der Waals surface area contributed by atoms with E-state index in [0.717, 1.165) is 8.47 Å². The van der Waals surface area contributed by atoms with E-state index in [1.165, 1.54) is 0 Å². The number of rotatable bonds is 3. The zero-order valence-corrected chi connectivity index (χ0v) is 14.4. The molecule has 1 aliphatic rings. The number of amides is 3. The molecule has 1 aliphatic heterocycles. The predicted molar refractivity (Wildman–Crippen MR) is 94.2 cm³/mol. The van der Waals surface area contributed by atoms with Gasteiger partial charge in [-0.05, 0) is 53.8 Å². The van der Waals surface area contributed by atoms with Gasteiger partial charge in [0, 0.05) is 3.57 Å². The molecule has 2 aromatic carbocycles. The van der Waals surface area contributed by atoms with Crippen molar-refractivity contribution in [2.24, 2.45) is 0 Å². The molecule has 1 unspecified atom stereocenters. The summed E-state index contributed by atoms with van der Waals surface area (Å²) in [4.78, 5) is 38.2. The molecule has 0 aliphatic carbocycles. The second-order valence-corrected chi connectivity index (χ2v) is 6.33. The Bertz CT molecular complexity index is 784. The fraction of sp³-hybridized carbons (Fsp3) is 0.118. The van der Waals surface area contributed by atoms with Gasteiger partial charge in [-0.1, -0.05) is 24.3 Å². The molecule has 1 atom stereocenters. The summed E-state index contributed by atoms with van der Waals surface area (Å²) in [5.74, 6) is -1.27. The summed E-state index contributed by atoms with van der Waals surface area (Å²) in [6.07, 6.45) is 0. The monoisotopic (exact) mass is 420 g/mol. The first-order valence-corrected chi connectivity index (χ1v) is 8.11. The number of hydrogen-bond acceptors (Lipinski definition) is 3. The summed E-state index contributed by atoms with van der Waals surface area (Å²) in [7, 11) is 0. The van der Waals surface area contributed by atoms with E-state index in [1.807, 2.05) is 18.2 Å². The van der Waals surface area contributed by atoms with Gasteiger partial charge in [-0.25, -0.2) is 0 Å². The average Bonchev–Trinajstić information content (AvgIpc) is 2.81. The van der Waals surface area contributed by atoms with Crippen molar-refractivity contribution in [1.82, 2.24) is 4.90 Å². The number of imide groups is 1. The molecule has 2 aromatic rings. The summed E-state index contributed by atoms with van der Waals surface area (Å²) in [5, 5.41) is 2.76. The molecule has 0 fully saturated rings. The van der Waals surface area contributed by atoms with Crippen LogP contribution in [0.4, 0.5) is 5.69 Å². The highest BCUT2D eigenvalue weighted by molar-refractivity contribution is 14.1. The van der Waals surface area contributed by atoms with Crippen LogP contribution in [0.2, 0.25) is 0 Å². The number of halogens is 1. The summed E-state index contributed by atoms with van der Waals surface area (Å²) in [6, 6.07) is 13.0. The maximum Gasteiger partial charge on any atom is 0.262 e. The number of nitrogens with one attached hydrogen (secondary N) is 1. The van der Waals surface area contributed by atoms with Gasteiger partial charge >= 0.3 is 0 Å². The maximum atomic E-state index is 12.4. The molecule has 116 valence electrons. The Hall–Kier alpha value is -2.22. The molecular weight excluding hydrogens is 407 g/mol. The quantitative estimate of drug-likeness (QED) is 0.614. The minimum absolute atomic E-state index is 0.339. The molecular formula is C17H13IN2O3. The number of nitrogens with zero attached hydrogens (tertiary/aromatic N) is 1. The SMILES string of the molecule is CC(C(=O)Nc1ccccc1I)N1C(=O)c2ccccc2C1=O. The summed E-state index contributed by atoms with van der Waals surface area (Å²) in [5.41, 5.74) is 1.33. The highest BCUT2D eigenvalue weighted by atomic mass is 127. The highest BCUT2D eigenvalue weighted by Crippen LogP contribution is 2.25. The zero-order chi connectivity index (χ0) is 16.6. The van der Waals surface area contributed by atoms with E-state index in [0.29, 0.717) is 16.8 Å². The van der Waals surface area contributed by atoms with Crippen molar-refractivity contribution in [1.29, 1.82) is 0 Å². The molecule has 0 spiro atoms. The van der Waals surface area contributed by atoms with E-state index in [-0.39, 0.29) is 0 Å². The van der Waals surface area contributed by atoms with E-state index in [9.17, 15) is 14.4 Å². The van der Waals surface area contributed by atoms with Gasteiger partial charge in [-0.3, -0.25) is 19.3 Å². The van der Waals surface area contributed by atoms with Crippen molar-refractivity contribution in [2.45, 2.75) is 13.0 Å². The third kappa shape index (κ3) is 2.74. The van der Waals surface area contributed by atoms with Gasteiger partial charge < -0.3 is 5.32 Å². The summed E-state index contributed by atoms with van der Waals surface area (Å²) in [6.45, 7) is 1.55. The van der Waals surface area contributed by atoms with Crippen molar-refractivity contribution in [3.8, 4) is 0 Å². The van der Waals surface area contributed by atoms with Crippen LogP contribution in [0.25, 0.3) is 0 Å². The number of benzene rings is 2. The Morgan fingerprint density at radius 1 is 1.00 bits per heavy atom. The number of fused-ring (bicyclic) bond motifs is 1. The van der Waals surface area contributed by atoms with Crippen LogP contribution in [0.1, 0.15) is 27.6 Å². The first-order chi connectivity index (χ1) is 11.0. The van der Waals surface area contributed by atoms with Crippen molar-refractivity contribution in [2.75, 3.05) is 5.32 Å². The Morgan fingerprint density at radius 3 is 2.09 bits per heavy atom. The fourth-order valence-electron chi connectivity index (χ4n) is 2.48. The standard InChI is InChI=1S/C17H13IN2O3/c1-10(15(21)19-14-9-5-4-8-13(14)18)20-16(22)11-6-2-3-7-12(11)17(20)23/h2-10H,1H3,(H,19,21). The van der Waals surface area contributed by atoms with Gasteiger partial charge in [-0.2, -0.15) is 0 Å². The van der Waals surface area contributed by atoms with E-state index in [4.69, 9.17) is 0 Å². The summed E-state index contributed by atoms with van der Waals surface area (Å²) >= 11 is 2.11. The molecule has 0 bridgehead atoms. The molecule has 0 saturated carbocycles. The van der Waals surface area contributed by atoms with E-state index >= 15 is 0 Å². The van der Waals surface area contributed by atoms with Crippen molar-refractivity contribution in [3.05, 3.63) is 63.2 Å². The number of carbonyl (C=O) groups is 3. The first-order valence-electron chi connectivity index (χ1n) is 7.03. The van der Waals surface area contributed by atoms with Gasteiger partial charge in [0.25, 0.3) is 11.8 Å². The van der Waals surface area contributed by atoms with Gasteiger partial charge in [0.15, 0.2) is 0 Å². The fourth-order valence-corrected chi connectivity index (χ4v) is 3.00. The van der Waals surface area contributed by atoms with Crippen LogP contribution < -0.4 is 5.32 Å². The second-order valence-electron chi connectivity index (χ2n) is 5.17. The van der Waals surface area contributed by atoms with E-state index < -0.39 is 23.8 Å². The molecule has 0 aromatic heterocycles. The minimum Gasteiger partial charge on any atom is -0.323 e. The number of anilines is 1. The van der Waals surface area contributed by atoms with Crippen LogP contribution in [-0.4, -0.2) is 28.7 Å². The lowest BCUT2D eigenvalue weighted by atomic mass is 10.1. The van der Waals surface area contributed by atoms with Crippen LogP contribution in [0.3, 0.4) is 0 Å². The van der Waals surface area contributed by atoms with Crippen LogP contribution in [0.5, 0.6) is 0 Å². The topological polar surface area (TPSA) is 66.5 Å². The Balaban J connectivity index is 1.83. The number of carbonyl (C=O) groups excluding carboxylic acids is 3. The number of para-hydroxylation sites is 1. The van der Waals surface area contributed by atoms with E-state index in [2.05, 4.69) is 27.9 Å². The van der Waals surface area contributed by atoms with Crippen LogP contribution in [0, 0.1) is 3.57 Å². The summed E-state index contributed by atoms with van der Waals surface area (Å²) < 4.78 is 0.882. The average molecular weight is 420 g/mol. The molecule has 23 heavy (non-hydrogen) atoms.